The van der Waals surface area contributed by atoms with E-state index in [2.05, 4.69) is 15.5 Å². The van der Waals surface area contributed by atoms with Crippen LogP contribution in [0.5, 0.6) is 0 Å². The summed E-state index contributed by atoms with van der Waals surface area (Å²) in [4.78, 5) is 4.14. The summed E-state index contributed by atoms with van der Waals surface area (Å²) in [6.45, 7) is 0.822. The number of nitrogens with one attached hydrogen (secondary N) is 1. The zero-order valence-corrected chi connectivity index (χ0v) is 10.1. The molecule has 1 heterocycles. The molecule has 0 saturated heterocycles. The first kappa shape index (κ1) is 11.9. The fourth-order valence-corrected chi connectivity index (χ4v) is 1.42. The van der Waals surface area contributed by atoms with Crippen molar-refractivity contribution in [2.45, 2.75) is 13.2 Å². The van der Waals surface area contributed by atoms with E-state index in [-0.39, 0.29) is 0 Å². The zero-order chi connectivity index (χ0) is 12.1. The quantitative estimate of drug-likeness (QED) is 0.887. The largest absolute Gasteiger partial charge is 0.377 e. The number of methoxy groups -OCH3 is 1. The van der Waals surface area contributed by atoms with E-state index in [1.165, 1.54) is 0 Å². The molecule has 0 aliphatic carbocycles. The molecule has 0 aliphatic heterocycles. The Kier molecular flexibility index (Phi) is 3.95. The summed E-state index contributed by atoms with van der Waals surface area (Å²) in [5.74, 6) is 1.06. The van der Waals surface area contributed by atoms with Gasteiger partial charge in [0.2, 0.25) is 5.89 Å². The summed E-state index contributed by atoms with van der Waals surface area (Å²) in [6, 6.07) is 7.39. The number of aromatic nitrogens is 2. The molecule has 1 aromatic heterocycles. The fraction of sp³-hybridized carbons (Fsp3) is 0.273. The van der Waals surface area contributed by atoms with Crippen LogP contribution in [-0.2, 0) is 17.9 Å². The summed E-state index contributed by atoms with van der Waals surface area (Å²) in [5.41, 5.74) is 0.945. The fourth-order valence-electron chi connectivity index (χ4n) is 1.30. The van der Waals surface area contributed by atoms with Crippen molar-refractivity contribution < 1.29 is 9.26 Å². The molecule has 0 spiro atoms. The first-order valence-electron chi connectivity index (χ1n) is 5.08. The van der Waals surface area contributed by atoms with Gasteiger partial charge in [0.05, 0.1) is 6.54 Å². The molecule has 0 saturated carbocycles. The average molecular weight is 254 g/mol. The van der Waals surface area contributed by atoms with Crippen LogP contribution < -0.4 is 5.32 Å². The Labute approximate surface area is 104 Å². The number of benzene rings is 1. The Morgan fingerprint density at radius 1 is 1.35 bits per heavy atom. The van der Waals surface area contributed by atoms with Gasteiger partial charge in [-0.2, -0.15) is 4.98 Å². The van der Waals surface area contributed by atoms with Gasteiger partial charge >= 0.3 is 0 Å². The predicted molar refractivity (Wildman–Crippen MR) is 63.8 cm³/mol. The van der Waals surface area contributed by atoms with Crippen molar-refractivity contribution in [3.05, 3.63) is 41.0 Å². The van der Waals surface area contributed by atoms with Gasteiger partial charge in [0, 0.05) is 17.8 Å². The highest BCUT2D eigenvalue weighted by atomic mass is 35.5. The molecule has 0 radical (unpaired) electrons. The van der Waals surface area contributed by atoms with Crippen molar-refractivity contribution in [3.63, 3.8) is 0 Å². The Bertz CT molecular complexity index is 470. The third-order valence-electron chi connectivity index (χ3n) is 2.07. The lowest BCUT2D eigenvalue weighted by atomic mass is 10.3. The van der Waals surface area contributed by atoms with Gasteiger partial charge < -0.3 is 14.6 Å². The van der Waals surface area contributed by atoms with E-state index in [0.29, 0.717) is 29.9 Å². The maximum atomic E-state index is 5.78. The molecule has 2 rings (SSSR count). The van der Waals surface area contributed by atoms with E-state index in [1.54, 1.807) is 7.11 Å². The lowest BCUT2D eigenvalue weighted by Gasteiger charge is -2.02. The van der Waals surface area contributed by atoms with Crippen molar-refractivity contribution in [2.24, 2.45) is 0 Å². The summed E-state index contributed by atoms with van der Waals surface area (Å²) >= 11 is 5.78. The molecule has 0 amide bonds. The zero-order valence-electron chi connectivity index (χ0n) is 9.31. The molecule has 0 unspecified atom stereocenters. The van der Waals surface area contributed by atoms with Gasteiger partial charge in [-0.3, -0.25) is 0 Å². The second-order valence-electron chi connectivity index (χ2n) is 3.40. The van der Waals surface area contributed by atoms with E-state index < -0.39 is 0 Å². The van der Waals surface area contributed by atoms with Crippen molar-refractivity contribution in [3.8, 4) is 0 Å². The van der Waals surface area contributed by atoms with Crippen LogP contribution in [-0.4, -0.2) is 17.3 Å². The summed E-state index contributed by atoms with van der Waals surface area (Å²) in [6.07, 6.45) is 0. The third-order valence-corrected chi connectivity index (χ3v) is 2.32. The molecule has 0 fully saturated rings. The highest BCUT2D eigenvalue weighted by Crippen LogP contribution is 2.14. The number of nitrogens with zero attached hydrogens (tertiary/aromatic N) is 2. The van der Waals surface area contributed by atoms with Crippen molar-refractivity contribution in [1.82, 2.24) is 10.1 Å². The molecule has 90 valence electrons. The monoisotopic (exact) mass is 253 g/mol. The number of hydrogen-bond acceptors (Lipinski definition) is 5. The number of halogens is 1. The van der Waals surface area contributed by atoms with E-state index in [9.17, 15) is 0 Å². The number of anilines is 1. The van der Waals surface area contributed by atoms with Crippen LogP contribution in [0.25, 0.3) is 0 Å². The molecule has 17 heavy (non-hydrogen) atoms. The topological polar surface area (TPSA) is 60.2 Å². The van der Waals surface area contributed by atoms with Crippen molar-refractivity contribution in [2.75, 3.05) is 12.4 Å². The second kappa shape index (κ2) is 5.65. The van der Waals surface area contributed by atoms with E-state index in [4.69, 9.17) is 20.9 Å². The molecule has 0 aliphatic rings. The first-order chi connectivity index (χ1) is 8.28. The molecular formula is C11H12ClN3O2. The van der Waals surface area contributed by atoms with Gasteiger partial charge in [0.15, 0.2) is 5.82 Å². The summed E-state index contributed by atoms with van der Waals surface area (Å²) < 4.78 is 9.93. The minimum absolute atomic E-state index is 0.352. The van der Waals surface area contributed by atoms with Crippen molar-refractivity contribution in [1.29, 1.82) is 0 Å². The standard InChI is InChI=1S/C11H12ClN3O2/c1-16-7-10-14-11(17-15-10)6-13-9-4-2-8(12)3-5-9/h2-5,13H,6-7H2,1H3. The van der Waals surface area contributed by atoms with Crippen LogP contribution in [0, 0.1) is 0 Å². The van der Waals surface area contributed by atoms with Crippen LogP contribution in [0.15, 0.2) is 28.8 Å². The third kappa shape index (κ3) is 3.44. The molecule has 0 bridgehead atoms. The Morgan fingerprint density at radius 2 is 2.12 bits per heavy atom. The summed E-state index contributed by atoms with van der Waals surface area (Å²) in [7, 11) is 1.59. The minimum Gasteiger partial charge on any atom is -0.377 e. The van der Waals surface area contributed by atoms with E-state index in [1.807, 2.05) is 24.3 Å². The average Bonchev–Trinajstić information content (AvgIpc) is 2.77. The highest BCUT2D eigenvalue weighted by molar-refractivity contribution is 6.30. The van der Waals surface area contributed by atoms with Crippen LogP contribution in [0.2, 0.25) is 5.02 Å². The first-order valence-corrected chi connectivity index (χ1v) is 5.45. The van der Waals surface area contributed by atoms with Gasteiger partial charge in [-0.25, -0.2) is 0 Å². The predicted octanol–water partition coefficient (Wildman–Crippen LogP) is 2.48. The number of ether oxygens (including phenoxy) is 1. The molecule has 0 atom stereocenters. The lowest BCUT2D eigenvalue weighted by molar-refractivity contribution is 0.174. The maximum Gasteiger partial charge on any atom is 0.246 e. The number of rotatable bonds is 5. The second-order valence-corrected chi connectivity index (χ2v) is 3.83. The van der Waals surface area contributed by atoms with Crippen molar-refractivity contribution >= 4 is 17.3 Å². The maximum absolute atomic E-state index is 5.78. The van der Waals surface area contributed by atoms with Crippen LogP contribution in [0.1, 0.15) is 11.7 Å². The molecule has 1 N–H and O–H groups in total. The van der Waals surface area contributed by atoms with Gasteiger partial charge in [-0.1, -0.05) is 16.8 Å². The molecule has 5 nitrogen and oxygen atoms in total. The van der Waals surface area contributed by atoms with Gasteiger partial charge in [-0.15, -0.1) is 0 Å². The minimum atomic E-state index is 0.352. The summed E-state index contributed by atoms with van der Waals surface area (Å²) in [5, 5.41) is 7.61. The van der Waals surface area contributed by atoms with Gasteiger partial charge in [0.25, 0.3) is 0 Å². The van der Waals surface area contributed by atoms with Gasteiger partial charge in [0.1, 0.15) is 6.61 Å². The number of hydrogen-bond donors (Lipinski definition) is 1. The Morgan fingerprint density at radius 3 is 2.82 bits per heavy atom. The Hall–Kier alpha value is -1.59. The van der Waals surface area contributed by atoms with Crippen LogP contribution >= 0.6 is 11.6 Å². The Balaban J connectivity index is 1.90. The molecule has 1 aromatic carbocycles. The lowest BCUT2D eigenvalue weighted by Crippen LogP contribution is -1.99. The molecule has 2 aromatic rings. The van der Waals surface area contributed by atoms with E-state index >= 15 is 0 Å². The van der Waals surface area contributed by atoms with Gasteiger partial charge in [-0.05, 0) is 24.3 Å². The molecular weight excluding hydrogens is 242 g/mol. The van der Waals surface area contributed by atoms with E-state index in [0.717, 1.165) is 5.69 Å². The van der Waals surface area contributed by atoms with Crippen LogP contribution in [0.4, 0.5) is 5.69 Å². The smallest absolute Gasteiger partial charge is 0.246 e. The molecule has 6 heteroatoms. The SMILES string of the molecule is COCc1noc(CNc2ccc(Cl)cc2)n1. The van der Waals surface area contributed by atoms with Crippen LogP contribution in [0.3, 0.4) is 0 Å². The highest BCUT2D eigenvalue weighted by Gasteiger charge is 2.05. The normalized spacial score (nSPS) is 10.5.